The maximum absolute atomic E-state index is 13.6. The molecule has 1 aromatic rings. The van der Waals surface area contributed by atoms with Crippen molar-refractivity contribution in [3.8, 4) is 0 Å². The van der Waals surface area contributed by atoms with Crippen molar-refractivity contribution in [3.63, 3.8) is 0 Å². The van der Waals surface area contributed by atoms with Gasteiger partial charge >= 0.3 is 0 Å². The van der Waals surface area contributed by atoms with E-state index in [0.717, 1.165) is 25.1 Å². The van der Waals surface area contributed by atoms with Gasteiger partial charge in [0, 0.05) is 11.6 Å². The summed E-state index contributed by atoms with van der Waals surface area (Å²) in [5.74, 6) is -0.118. The van der Waals surface area contributed by atoms with Crippen molar-refractivity contribution >= 4 is 0 Å². The van der Waals surface area contributed by atoms with E-state index in [2.05, 4.69) is 10.2 Å². The molecule has 0 heterocycles. The summed E-state index contributed by atoms with van der Waals surface area (Å²) in [6.07, 6.45) is 0.918. The van der Waals surface area contributed by atoms with Gasteiger partial charge in [0.15, 0.2) is 0 Å². The summed E-state index contributed by atoms with van der Waals surface area (Å²) in [5.41, 5.74) is 0.770. The molecule has 1 atom stereocenters. The van der Waals surface area contributed by atoms with Crippen LogP contribution in [0.5, 0.6) is 0 Å². The van der Waals surface area contributed by atoms with E-state index in [-0.39, 0.29) is 11.9 Å². The summed E-state index contributed by atoms with van der Waals surface area (Å²) in [6.45, 7) is 3.85. The minimum Gasteiger partial charge on any atom is -0.310 e. The predicted molar refractivity (Wildman–Crippen MR) is 66.0 cm³/mol. The number of benzene rings is 1. The summed E-state index contributed by atoms with van der Waals surface area (Å²) in [4.78, 5) is 2.12. The molecule has 0 radical (unpaired) electrons. The smallest absolute Gasteiger partial charge is 0.127 e. The van der Waals surface area contributed by atoms with Crippen LogP contribution < -0.4 is 5.32 Å². The molecule has 1 unspecified atom stereocenters. The molecule has 0 aliphatic carbocycles. The fourth-order valence-electron chi connectivity index (χ4n) is 1.76. The van der Waals surface area contributed by atoms with E-state index in [0.29, 0.717) is 0 Å². The second-order valence-electron chi connectivity index (χ2n) is 4.22. The van der Waals surface area contributed by atoms with Crippen LogP contribution in [0.2, 0.25) is 0 Å². The predicted octanol–water partition coefficient (Wildman–Crippen LogP) is 2.43. The van der Waals surface area contributed by atoms with E-state index < -0.39 is 0 Å². The lowest BCUT2D eigenvalue weighted by atomic mass is 10.0. The standard InChI is InChI=1S/C13H21FN2/c1-4-15-13(9-10-16(2)3)11-7-5-6-8-12(11)14/h5-8,13,15H,4,9-10H2,1-3H3. The van der Waals surface area contributed by atoms with E-state index in [1.807, 2.05) is 33.2 Å². The van der Waals surface area contributed by atoms with E-state index in [1.54, 1.807) is 6.07 Å². The van der Waals surface area contributed by atoms with Gasteiger partial charge < -0.3 is 10.2 Å². The molecule has 0 saturated heterocycles. The first kappa shape index (κ1) is 13.1. The quantitative estimate of drug-likeness (QED) is 0.798. The molecule has 0 saturated carbocycles. The van der Waals surface area contributed by atoms with E-state index in [4.69, 9.17) is 0 Å². The number of hydrogen-bond donors (Lipinski definition) is 1. The number of nitrogens with zero attached hydrogens (tertiary/aromatic N) is 1. The second kappa shape index (κ2) is 6.61. The molecule has 0 bridgehead atoms. The Morgan fingerprint density at radius 1 is 1.31 bits per heavy atom. The molecule has 1 aromatic carbocycles. The van der Waals surface area contributed by atoms with Crippen LogP contribution in [-0.4, -0.2) is 32.1 Å². The summed E-state index contributed by atoms with van der Waals surface area (Å²) >= 11 is 0. The molecule has 0 aliphatic heterocycles. The van der Waals surface area contributed by atoms with Crippen molar-refractivity contribution < 1.29 is 4.39 Å². The lowest BCUT2D eigenvalue weighted by Crippen LogP contribution is -2.26. The SMILES string of the molecule is CCNC(CCN(C)C)c1ccccc1F. The minimum absolute atomic E-state index is 0.105. The van der Waals surface area contributed by atoms with Crippen molar-refractivity contribution in [2.75, 3.05) is 27.2 Å². The van der Waals surface area contributed by atoms with Crippen LogP contribution >= 0.6 is 0 Å². The fraction of sp³-hybridized carbons (Fsp3) is 0.538. The third-order valence-electron chi connectivity index (χ3n) is 2.60. The first-order valence-corrected chi connectivity index (χ1v) is 5.77. The Hall–Kier alpha value is -0.930. The van der Waals surface area contributed by atoms with Crippen LogP contribution in [0.1, 0.15) is 24.9 Å². The van der Waals surface area contributed by atoms with Gasteiger partial charge in [-0.1, -0.05) is 25.1 Å². The normalized spacial score (nSPS) is 13.1. The molecule has 2 nitrogen and oxygen atoms in total. The molecular formula is C13H21FN2. The molecule has 0 aliphatic rings. The van der Waals surface area contributed by atoms with Gasteiger partial charge in [-0.2, -0.15) is 0 Å². The molecule has 0 amide bonds. The van der Waals surface area contributed by atoms with E-state index in [1.165, 1.54) is 6.07 Å². The molecule has 0 spiro atoms. The zero-order chi connectivity index (χ0) is 12.0. The highest BCUT2D eigenvalue weighted by atomic mass is 19.1. The van der Waals surface area contributed by atoms with Gasteiger partial charge in [0.05, 0.1) is 0 Å². The second-order valence-corrected chi connectivity index (χ2v) is 4.22. The van der Waals surface area contributed by atoms with Crippen LogP contribution in [0.3, 0.4) is 0 Å². The first-order chi connectivity index (χ1) is 7.65. The average Bonchev–Trinajstić information content (AvgIpc) is 2.25. The summed E-state index contributed by atoms with van der Waals surface area (Å²) in [6, 6.07) is 7.11. The number of nitrogens with one attached hydrogen (secondary N) is 1. The van der Waals surface area contributed by atoms with Crippen molar-refractivity contribution in [2.24, 2.45) is 0 Å². The lowest BCUT2D eigenvalue weighted by Gasteiger charge is -2.21. The monoisotopic (exact) mass is 224 g/mol. The van der Waals surface area contributed by atoms with Gasteiger partial charge in [0.25, 0.3) is 0 Å². The zero-order valence-corrected chi connectivity index (χ0v) is 10.3. The Balaban J connectivity index is 2.73. The van der Waals surface area contributed by atoms with Crippen molar-refractivity contribution in [1.29, 1.82) is 0 Å². The van der Waals surface area contributed by atoms with Crippen molar-refractivity contribution in [1.82, 2.24) is 10.2 Å². The topological polar surface area (TPSA) is 15.3 Å². The third kappa shape index (κ3) is 3.91. The van der Waals surface area contributed by atoms with E-state index in [9.17, 15) is 4.39 Å². The van der Waals surface area contributed by atoms with Crippen LogP contribution in [0.4, 0.5) is 4.39 Å². The third-order valence-corrected chi connectivity index (χ3v) is 2.60. The van der Waals surface area contributed by atoms with Gasteiger partial charge in [0.1, 0.15) is 5.82 Å². The highest BCUT2D eigenvalue weighted by molar-refractivity contribution is 5.21. The fourth-order valence-corrected chi connectivity index (χ4v) is 1.76. The van der Waals surface area contributed by atoms with Crippen molar-refractivity contribution in [2.45, 2.75) is 19.4 Å². The van der Waals surface area contributed by atoms with Crippen molar-refractivity contribution in [3.05, 3.63) is 35.6 Å². The van der Waals surface area contributed by atoms with E-state index >= 15 is 0 Å². The van der Waals surface area contributed by atoms with Gasteiger partial charge in [-0.05, 0) is 39.7 Å². The Kier molecular flexibility index (Phi) is 5.43. The maximum atomic E-state index is 13.6. The van der Waals surface area contributed by atoms with Crippen LogP contribution in [-0.2, 0) is 0 Å². The van der Waals surface area contributed by atoms with Gasteiger partial charge in [-0.15, -0.1) is 0 Å². The summed E-state index contributed by atoms with van der Waals surface area (Å²) in [5, 5.41) is 3.33. The van der Waals surface area contributed by atoms with Crippen LogP contribution in [0.25, 0.3) is 0 Å². The van der Waals surface area contributed by atoms with Gasteiger partial charge in [-0.25, -0.2) is 4.39 Å². The molecule has 90 valence electrons. The molecule has 0 aromatic heterocycles. The first-order valence-electron chi connectivity index (χ1n) is 5.77. The molecule has 16 heavy (non-hydrogen) atoms. The van der Waals surface area contributed by atoms with Crippen LogP contribution in [0.15, 0.2) is 24.3 Å². The maximum Gasteiger partial charge on any atom is 0.127 e. The highest BCUT2D eigenvalue weighted by Crippen LogP contribution is 2.19. The zero-order valence-electron chi connectivity index (χ0n) is 10.3. The highest BCUT2D eigenvalue weighted by Gasteiger charge is 2.13. The Bertz CT molecular complexity index is 313. The molecule has 1 rings (SSSR count). The summed E-state index contributed by atoms with van der Waals surface area (Å²) in [7, 11) is 4.06. The van der Waals surface area contributed by atoms with Gasteiger partial charge in [-0.3, -0.25) is 0 Å². The van der Waals surface area contributed by atoms with Crippen LogP contribution in [0, 0.1) is 5.82 Å². The molecule has 3 heteroatoms. The average molecular weight is 224 g/mol. The Morgan fingerprint density at radius 3 is 2.56 bits per heavy atom. The lowest BCUT2D eigenvalue weighted by molar-refractivity contribution is 0.359. The largest absolute Gasteiger partial charge is 0.310 e. The molecule has 1 N–H and O–H groups in total. The Morgan fingerprint density at radius 2 is 2.00 bits per heavy atom. The number of halogens is 1. The Labute approximate surface area is 97.5 Å². The molecular weight excluding hydrogens is 203 g/mol. The molecule has 0 fully saturated rings. The summed E-state index contributed by atoms with van der Waals surface area (Å²) < 4.78 is 13.6. The number of rotatable bonds is 6. The minimum atomic E-state index is -0.118. The van der Waals surface area contributed by atoms with Gasteiger partial charge in [0.2, 0.25) is 0 Å². The number of hydrogen-bond acceptors (Lipinski definition) is 2.